The van der Waals surface area contributed by atoms with Crippen LogP contribution in [-0.4, -0.2) is 65.5 Å². The molecular formula is C24H34N4O4. The summed E-state index contributed by atoms with van der Waals surface area (Å²) >= 11 is 0. The van der Waals surface area contributed by atoms with Gasteiger partial charge in [-0.05, 0) is 41.8 Å². The SMILES string of the molecule is CN=C(NCc1ccc(OC)c(OC)c1)NC1CCN(Cc2cc(OC)cc(OC)c2)C1. The summed E-state index contributed by atoms with van der Waals surface area (Å²) < 4.78 is 21.5. The van der Waals surface area contributed by atoms with E-state index >= 15 is 0 Å². The molecule has 2 N–H and O–H groups in total. The van der Waals surface area contributed by atoms with Gasteiger partial charge in [-0.15, -0.1) is 0 Å². The first-order valence-corrected chi connectivity index (χ1v) is 10.7. The number of benzene rings is 2. The van der Waals surface area contributed by atoms with E-state index in [1.807, 2.05) is 24.3 Å². The zero-order chi connectivity index (χ0) is 22.9. The number of hydrogen-bond donors (Lipinski definition) is 2. The molecule has 1 aliphatic rings. The molecule has 1 aliphatic heterocycles. The van der Waals surface area contributed by atoms with Crippen LogP contribution in [0.3, 0.4) is 0 Å². The molecule has 32 heavy (non-hydrogen) atoms. The topological polar surface area (TPSA) is 76.6 Å². The standard InChI is InChI=1S/C24H34N4O4/c1-25-24(26-14-17-6-7-22(31-4)23(12-17)32-5)27-19-8-9-28(16-19)15-18-10-20(29-2)13-21(11-18)30-3/h6-7,10-13,19H,8-9,14-16H2,1-5H3,(H2,25,26,27). The van der Waals surface area contributed by atoms with E-state index in [4.69, 9.17) is 18.9 Å². The van der Waals surface area contributed by atoms with Crippen molar-refractivity contribution in [3.8, 4) is 23.0 Å². The number of guanidine groups is 1. The van der Waals surface area contributed by atoms with Crippen LogP contribution >= 0.6 is 0 Å². The van der Waals surface area contributed by atoms with Gasteiger partial charge in [0.2, 0.25) is 0 Å². The van der Waals surface area contributed by atoms with Gasteiger partial charge in [-0.1, -0.05) is 6.07 Å². The molecule has 0 radical (unpaired) electrons. The first-order valence-electron chi connectivity index (χ1n) is 10.7. The van der Waals surface area contributed by atoms with Gasteiger partial charge in [-0.25, -0.2) is 0 Å². The van der Waals surface area contributed by atoms with Crippen molar-refractivity contribution in [1.82, 2.24) is 15.5 Å². The third-order valence-electron chi connectivity index (χ3n) is 5.56. The lowest BCUT2D eigenvalue weighted by atomic mass is 10.2. The molecule has 0 aliphatic carbocycles. The van der Waals surface area contributed by atoms with Crippen molar-refractivity contribution in [3.63, 3.8) is 0 Å². The lowest BCUT2D eigenvalue weighted by Gasteiger charge is -2.19. The van der Waals surface area contributed by atoms with E-state index in [9.17, 15) is 0 Å². The van der Waals surface area contributed by atoms with Gasteiger partial charge in [-0.2, -0.15) is 0 Å². The summed E-state index contributed by atoms with van der Waals surface area (Å²) in [5.41, 5.74) is 2.27. The number of rotatable bonds is 9. The van der Waals surface area contributed by atoms with E-state index in [1.54, 1.807) is 35.5 Å². The van der Waals surface area contributed by atoms with Crippen LogP contribution in [0.15, 0.2) is 41.4 Å². The predicted molar refractivity (Wildman–Crippen MR) is 126 cm³/mol. The number of aliphatic imine (C=N–C) groups is 1. The van der Waals surface area contributed by atoms with Gasteiger partial charge in [-0.3, -0.25) is 9.89 Å². The Morgan fingerprint density at radius 3 is 2.28 bits per heavy atom. The molecule has 1 saturated heterocycles. The zero-order valence-corrected chi connectivity index (χ0v) is 19.6. The number of nitrogens with one attached hydrogen (secondary N) is 2. The summed E-state index contributed by atoms with van der Waals surface area (Å²) in [6.45, 7) is 3.45. The maximum atomic E-state index is 5.39. The molecule has 8 heteroatoms. The van der Waals surface area contributed by atoms with Crippen molar-refractivity contribution in [2.45, 2.75) is 25.6 Å². The largest absolute Gasteiger partial charge is 0.497 e. The van der Waals surface area contributed by atoms with Crippen molar-refractivity contribution in [3.05, 3.63) is 47.5 Å². The summed E-state index contributed by atoms with van der Waals surface area (Å²) in [6.07, 6.45) is 1.05. The molecule has 0 spiro atoms. The molecule has 1 unspecified atom stereocenters. The molecule has 0 aromatic heterocycles. The highest BCUT2D eigenvalue weighted by molar-refractivity contribution is 5.80. The summed E-state index contributed by atoms with van der Waals surface area (Å²) in [5.74, 6) is 3.85. The summed E-state index contributed by atoms with van der Waals surface area (Å²) in [5, 5.41) is 6.93. The quantitative estimate of drug-likeness (QED) is 0.457. The maximum absolute atomic E-state index is 5.39. The number of nitrogens with zero attached hydrogens (tertiary/aromatic N) is 2. The first kappa shape index (κ1) is 23.5. The molecule has 0 bridgehead atoms. The zero-order valence-electron chi connectivity index (χ0n) is 19.6. The summed E-state index contributed by atoms with van der Waals surface area (Å²) in [7, 11) is 8.42. The highest BCUT2D eigenvalue weighted by atomic mass is 16.5. The third kappa shape index (κ3) is 6.20. The Morgan fingerprint density at radius 1 is 0.938 bits per heavy atom. The van der Waals surface area contributed by atoms with Gasteiger partial charge in [0, 0.05) is 45.3 Å². The molecule has 8 nitrogen and oxygen atoms in total. The molecule has 0 amide bonds. The number of likely N-dealkylation sites (tertiary alicyclic amines) is 1. The summed E-state index contributed by atoms with van der Waals surface area (Å²) in [6, 6.07) is 12.2. The van der Waals surface area contributed by atoms with Crippen LogP contribution in [0.2, 0.25) is 0 Å². The van der Waals surface area contributed by atoms with Crippen LogP contribution in [0.4, 0.5) is 0 Å². The Morgan fingerprint density at radius 2 is 1.66 bits per heavy atom. The minimum atomic E-state index is 0.333. The van der Waals surface area contributed by atoms with E-state index in [1.165, 1.54) is 5.56 Å². The average molecular weight is 443 g/mol. The summed E-state index contributed by atoms with van der Waals surface area (Å²) in [4.78, 5) is 6.81. The van der Waals surface area contributed by atoms with E-state index in [0.29, 0.717) is 12.6 Å². The Balaban J connectivity index is 1.52. The predicted octanol–water partition coefficient (Wildman–Crippen LogP) is 2.66. The molecule has 1 heterocycles. The number of methoxy groups -OCH3 is 4. The molecule has 0 saturated carbocycles. The fourth-order valence-corrected chi connectivity index (χ4v) is 3.87. The normalized spacial score (nSPS) is 16.5. The Bertz CT molecular complexity index is 897. The minimum absolute atomic E-state index is 0.333. The smallest absolute Gasteiger partial charge is 0.191 e. The molecule has 2 aromatic rings. The fraction of sp³-hybridized carbons (Fsp3) is 0.458. The van der Waals surface area contributed by atoms with Crippen molar-refractivity contribution in [2.24, 2.45) is 4.99 Å². The highest BCUT2D eigenvalue weighted by Gasteiger charge is 2.23. The second kappa shape index (κ2) is 11.5. The third-order valence-corrected chi connectivity index (χ3v) is 5.56. The Hall–Kier alpha value is -3.13. The van der Waals surface area contributed by atoms with Gasteiger partial charge in [0.05, 0.1) is 28.4 Å². The number of ether oxygens (including phenoxy) is 4. The minimum Gasteiger partial charge on any atom is -0.497 e. The lowest BCUT2D eigenvalue weighted by Crippen LogP contribution is -2.44. The van der Waals surface area contributed by atoms with E-state index in [-0.39, 0.29) is 0 Å². The Labute approximate surface area is 190 Å². The fourth-order valence-electron chi connectivity index (χ4n) is 3.87. The molecule has 174 valence electrons. The van der Waals surface area contributed by atoms with Crippen LogP contribution < -0.4 is 29.6 Å². The molecule has 1 atom stereocenters. The highest BCUT2D eigenvalue weighted by Crippen LogP contribution is 2.27. The van der Waals surface area contributed by atoms with Crippen molar-refractivity contribution >= 4 is 5.96 Å². The van der Waals surface area contributed by atoms with Gasteiger partial charge < -0.3 is 29.6 Å². The first-order chi connectivity index (χ1) is 15.6. The van der Waals surface area contributed by atoms with E-state index < -0.39 is 0 Å². The van der Waals surface area contributed by atoms with Crippen molar-refractivity contribution in [2.75, 3.05) is 48.6 Å². The van der Waals surface area contributed by atoms with Gasteiger partial charge >= 0.3 is 0 Å². The number of hydrogen-bond acceptors (Lipinski definition) is 6. The molecule has 3 rings (SSSR count). The average Bonchev–Trinajstić information content (AvgIpc) is 3.27. The molecular weight excluding hydrogens is 408 g/mol. The monoisotopic (exact) mass is 442 g/mol. The van der Waals surface area contributed by atoms with Crippen LogP contribution in [-0.2, 0) is 13.1 Å². The second-order valence-electron chi connectivity index (χ2n) is 7.70. The maximum Gasteiger partial charge on any atom is 0.191 e. The van der Waals surface area contributed by atoms with Gasteiger partial charge in [0.15, 0.2) is 17.5 Å². The van der Waals surface area contributed by atoms with Crippen molar-refractivity contribution < 1.29 is 18.9 Å². The second-order valence-corrected chi connectivity index (χ2v) is 7.70. The van der Waals surface area contributed by atoms with Crippen LogP contribution in [0, 0.1) is 0 Å². The van der Waals surface area contributed by atoms with Crippen LogP contribution in [0.1, 0.15) is 17.5 Å². The van der Waals surface area contributed by atoms with Gasteiger partial charge in [0.25, 0.3) is 0 Å². The van der Waals surface area contributed by atoms with E-state index in [2.05, 4.69) is 32.7 Å². The molecule has 1 fully saturated rings. The lowest BCUT2D eigenvalue weighted by molar-refractivity contribution is 0.321. The van der Waals surface area contributed by atoms with E-state index in [0.717, 1.165) is 60.6 Å². The van der Waals surface area contributed by atoms with Crippen molar-refractivity contribution in [1.29, 1.82) is 0 Å². The van der Waals surface area contributed by atoms with Crippen LogP contribution in [0.25, 0.3) is 0 Å². The van der Waals surface area contributed by atoms with Crippen LogP contribution in [0.5, 0.6) is 23.0 Å². The molecule has 2 aromatic carbocycles. The van der Waals surface area contributed by atoms with Gasteiger partial charge in [0.1, 0.15) is 11.5 Å². The Kier molecular flexibility index (Phi) is 8.44.